The van der Waals surface area contributed by atoms with Crippen molar-refractivity contribution in [2.24, 2.45) is 0 Å². The fraction of sp³-hybridized carbons (Fsp3) is 0.120. The first kappa shape index (κ1) is 22.1. The molecule has 1 amide bonds. The maximum absolute atomic E-state index is 14.0. The molecule has 33 heavy (non-hydrogen) atoms. The van der Waals surface area contributed by atoms with Crippen molar-refractivity contribution in [3.05, 3.63) is 101 Å². The van der Waals surface area contributed by atoms with Crippen LogP contribution in [0.15, 0.2) is 72.3 Å². The standard InChI is InChI=1S/C25H19F3N2O3/c1-29(2)17-9-5-14(6-10-17)22-21(23(31)15-3-7-16(26)8-4-15)24(32)25(33)30(22)18-11-12-19(27)20(28)13-18/h3-13,22,31H,1-2H3/b23-21+. The third kappa shape index (κ3) is 3.95. The Hall–Kier alpha value is -4.07. The molecule has 1 aliphatic rings. The summed E-state index contributed by atoms with van der Waals surface area (Å²) in [6, 6.07) is 13.4. The maximum Gasteiger partial charge on any atom is 0.300 e. The van der Waals surface area contributed by atoms with E-state index in [0.29, 0.717) is 5.56 Å². The fourth-order valence-corrected chi connectivity index (χ4v) is 3.77. The van der Waals surface area contributed by atoms with Crippen LogP contribution in [0.25, 0.3) is 5.76 Å². The molecule has 168 valence electrons. The lowest BCUT2D eigenvalue weighted by Gasteiger charge is -2.26. The summed E-state index contributed by atoms with van der Waals surface area (Å²) in [4.78, 5) is 28.9. The molecule has 8 heteroatoms. The SMILES string of the molecule is CN(C)c1ccc(C2/C(=C(\O)c3ccc(F)cc3)C(=O)C(=O)N2c2ccc(F)c(F)c2)cc1. The lowest BCUT2D eigenvalue weighted by Crippen LogP contribution is -2.29. The molecule has 1 saturated heterocycles. The van der Waals surface area contributed by atoms with Crippen LogP contribution in [0.1, 0.15) is 17.2 Å². The molecule has 0 radical (unpaired) electrons. The summed E-state index contributed by atoms with van der Waals surface area (Å²) in [7, 11) is 3.69. The van der Waals surface area contributed by atoms with E-state index in [2.05, 4.69) is 0 Å². The van der Waals surface area contributed by atoms with Crippen molar-refractivity contribution in [3.63, 3.8) is 0 Å². The van der Waals surface area contributed by atoms with E-state index < -0.39 is 40.9 Å². The van der Waals surface area contributed by atoms with Crippen LogP contribution < -0.4 is 9.80 Å². The zero-order valence-electron chi connectivity index (χ0n) is 17.7. The topological polar surface area (TPSA) is 60.9 Å². The van der Waals surface area contributed by atoms with Crippen LogP contribution in [0.5, 0.6) is 0 Å². The summed E-state index contributed by atoms with van der Waals surface area (Å²) in [6.45, 7) is 0. The van der Waals surface area contributed by atoms with Crippen LogP contribution in [0, 0.1) is 17.5 Å². The van der Waals surface area contributed by atoms with Crippen molar-refractivity contribution in [1.82, 2.24) is 0 Å². The number of anilines is 2. The molecule has 5 nitrogen and oxygen atoms in total. The van der Waals surface area contributed by atoms with Crippen LogP contribution in [-0.4, -0.2) is 30.9 Å². The second-order valence-electron chi connectivity index (χ2n) is 7.76. The molecule has 1 fully saturated rings. The van der Waals surface area contributed by atoms with Gasteiger partial charge in [0.1, 0.15) is 11.6 Å². The van der Waals surface area contributed by atoms with Gasteiger partial charge in [-0.25, -0.2) is 13.2 Å². The quantitative estimate of drug-likeness (QED) is 0.351. The molecule has 1 unspecified atom stereocenters. The minimum Gasteiger partial charge on any atom is -0.507 e. The van der Waals surface area contributed by atoms with E-state index in [1.54, 1.807) is 24.3 Å². The first-order chi connectivity index (χ1) is 15.7. The minimum atomic E-state index is -1.19. The number of nitrogens with zero attached hydrogens (tertiary/aromatic N) is 2. The lowest BCUT2D eigenvalue weighted by atomic mass is 9.95. The summed E-state index contributed by atoms with van der Waals surface area (Å²) >= 11 is 0. The molecule has 1 atom stereocenters. The molecule has 0 saturated carbocycles. The summed E-state index contributed by atoms with van der Waals surface area (Å²) in [5.41, 5.74) is 1.16. The van der Waals surface area contributed by atoms with Crippen LogP contribution in [-0.2, 0) is 9.59 Å². The Morgan fingerprint density at radius 1 is 0.879 bits per heavy atom. The molecule has 1 aliphatic heterocycles. The Kier molecular flexibility index (Phi) is 5.68. The third-order valence-electron chi connectivity index (χ3n) is 5.47. The van der Waals surface area contributed by atoms with E-state index >= 15 is 0 Å². The van der Waals surface area contributed by atoms with E-state index in [0.717, 1.165) is 34.9 Å². The van der Waals surface area contributed by atoms with Gasteiger partial charge in [0.25, 0.3) is 11.7 Å². The molecule has 1 N–H and O–H groups in total. The first-order valence-corrected chi connectivity index (χ1v) is 9.98. The second-order valence-corrected chi connectivity index (χ2v) is 7.76. The fourth-order valence-electron chi connectivity index (χ4n) is 3.77. The van der Waals surface area contributed by atoms with E-state index in [1.165, 1.54) is 18.2 Å². The Morgan fingerprint density at radius 3 is 2.09 bits per heavy atom. The van der Waals surface area contributed by atoms with Gasteiger partial charge in [0.05, 0.1) is 11.6 Å². The zero-order chi connectivity index (χ0) is 23.9. The van der Waals surface area contributed by atoms with Gasteiger partial charge in [0.15, 0.2) is 11.6 Å². The predicted octanol–water partition coefficient (Wildman–Crippen LogP) is 4.80. The van der Waals surface area contributed by atoms with Crippen molar-refractivity contribution < 1.29 is 27.9 Å². The second kappa shape index (κ2) is 8.46. The lowest BCUT2D eigenvalue weighted by molar-refractivity contribution is -0.132. The van der Waals surface area contributed by atoms with E-state index in [-0.39, 0.29) is 16.8 Å². The Morgan fingerprint density at radius 2 is 1.52 bits per heavy atom. The van der Waals surface area contributed by atoms with Gasteiger partial charge in [0.2, 0.25) is 0 Å². The van der Waals surface area contributed by atoms with Crippen LogP contribution in [0.2, 0.25) is 0 Å². The monoisotopic (exact) mass is 452 g/mol. The van der Waals surface area contributed by atoms with Gasteiger partial charge in [-0.3, -0.25) is 14.5 Å². The third-order valence-corrected chi connectivity index (χ3v) is 5.47. The smallest absolute Gasteiger partial charge is 0.300 e. The van der Waals surface area contributed by atoms with E-state index in [1.807, 2.05) is 19.0 Å². The van der Waals surface area contributed by atoms with Crippen LogP contribution in [0.4, 0.5) is 24.5 Å². The molecule has 0 bridgehead atoms. The van der Waals surface area contributed by atoms with Gasteiger partial charge >= 0.3 is 0 Å². The summed E-state index contributed by atoms with van der Waals surface area (Å²) in [6.07, 6.45) is 0. The molecule has 1 heterocycles. The minimum absolute atomic E-state index is 0.0455. The number of carbonyl (C=O) groups is 2. The van der Waals surface area contributed by atoms with Gasteiger partial charge in [-0.05, 0) is 54.1 Å². The number of aliphatic hydroxyl groups is 1. The molecular weight excluding hydrogens is 433 g/mol. The number of amides is 1. The largest absolute Gasteiger partial charge is 0.507 e. The number of hydrogen-bond acceptors (Lipinski definition) is 4. The number of Topliss-reactive ketones (excluding diaryl/α,β-unsaturated/α-hetero) is 1. The maximum atomic E-state index is 14.0. The Bertz CT molecular complexity index is 1270. The highest BCUT2D eigenvalue weighted by molar-refractivity contribution is 6.51. The Balaban J connectivity index is 1.93. The normalized spacial score (nSPS) is 17.5. The molecule has 3 aromatic carbocycles. The number of rotatable bonds is 4. The van der Waals surface area contributed by atoms with E-state index in [4.69, 9.17) is 0 Å². The van der Waals surface area contributed by atoms with Gasteiger partial charge < -0.3 is 10.0 Å². The molecule has 0 aliphatic carbocycles. The number of aliphatic hydroxyl groups excluding tert-OH is 1. The predicted molar refractivity (Wildman–Crippen MR) is 118 cm³/mol. The van der Waals surface area contributed by atoms with Gasteiger partial charge in [-0.1, -0.05) is 12.1 Å². The number of carbonyl (C=O) groups excluding carboxylic acids is 2. The van der Waals surface area contributed by atoms with Crippen molar-refractivity contribution >= 4 is 28.8 Å². The molecule has 4 rings (SSSR count). The average molecular weight is 452 g/mol. The van der Waals surface area contributed by atoms with Crippen LogP contribution in [0.3, 0.4) is 0 Å². The summed E-state index contributed by atoms with van der Waals surface area (Å²) < 4.78 is 40.9. The van der Waals surface area contributed by atoms with Crippen molar-refractivity contribution in [2.45, 2.75) is 6.04 Å². The highest BCUT2D eigenvalue weighted by Crippen LogP contribution is 2.42. The van der Waals surface area contributed by atoms with Gasteiger partial charge in [-0.15, -0.1) is 0 Å². The highest BCUT2D eigenvalue weighted by Gasteiger charge is 2.47. The molecule has 0 aromatic heterocycles. The number of hydrogen-bond donors (Lipinski definition) is 1. The van der Waals surface area contributed by atoms with Gasteiger partial charge in [0, 0.05) is 37.1 Å². The van der Waals surface area contributed by atoms with E-state index in [9.17, 15) is 27.9 Å². The number of ketones is 1. The summed E-state index contributed by atoms with van der Waals surface area (Å²) in [5, 5.41) is 11.0. The number of benzene rings is 3. The van der Waals surface area contributed by atoms with Crippen molar-refractivity contribution in [3.8, 4) is 0 Å². The Labute approximate surface area is 188 Å². The molecular formula is C25H19F3N2O3. The number of halogens is 3. The van der Waals surface area contributed by atoms with Crippen molar-refractivity contribution in [1.29, 1.82) is 0 Å². The van der Waals surface area contributed by atoms with Gasteiger partial charge in [-0.2, -0.15) is 0 Å². The highest BCUT2D eigenvalue weighted by atomic mass is 19.2. The molecule has 0 spiro atoms. The zero-order valence-corrected chi connectivity index (χ0v) is 17.7. The average Bonchev–Trinajstić information content (AvgIpc) is 3.06. The molecule has 3 aromatic rings. The first-order valence-electron chi connectivity index (χ1n) is 9.98. The summed E-state index contributed by atoms with van der Waals surface area (Å²) in [5.74, 6) is -5.33. The van der Waals surface area contributed by atoms with Crippen molar-refractivity contribution in [2.75, 3.05) is 23.9 Å². The van der Waals surface area contributed by atoms with Crippen LogP contribution >= 0.6 is 0 Å².